The number of pyridine rings is 1. The van der Waals surface area contributed by atoms with Gasteiger partial charge in [-0.25, -0.2) is 9.78 Å². The van der Waals surface area contributed by atoms with Gasteiger partial charge < -0.3 is 24.9 Å². The molecule has 36 heavy (non-hydrogen) atoms. The fourth-order valence-corrected chi connectivity index (χ4v) is 4.73. The van der Waals surface area contributed by atoms with Crippen LogP contribution in [0.15, 0.2) is 36.5 Å². The van der Waals surface area contributed by atoms with Crippen LogP contribution < -0.4 is 10.2 Å². The number of benzene rings is 1. The number of carbonyl (C=O) groups excluding carboxylic acids is 2. The van der Waals surface area contributed by atoms with Crippen LogP contribution >= 0.6 is 0 Å². The Morgan fingerprint density at radius 3 is 2.64 bits per heavy atom. The van der Waals surface area contributed by atoms with Crippen molar-refractivity contribution in [3.8, 4) is 0 Å². The number of para-hydroxylation sites is 1. The van der Waals surface area contributed by atoms with E-state index in [9.17, 15) is 9.59 Å². The zero-order chi connectivity index (χ0) is 25.2. The second kappa shape index (κ2) is 9.96. The standard InChI is InChI=1S/C26H32N8O2/c1-4-9-34-17-20-22(24(34)35)29-25(32-10-12-33(13-11-32)26(36)31(2)3)30-23(20)28-16-18-14-19-7-5-6-8-21(19)27-15-18/h5-8,14-15H,4,9-13,16-17H2,1-3H3,(H,28,29,30). The van der Waals surface area contributed by atoms with Gasteiger partial charge in [0.1, 0.15) is 11.5 Å². The molecule has 188 valence electrons. The summed E-state index contributed by atoms with van der Waals surface area (Å²) >= 11 is 0. The van der Waals surface area contributed by atoms with Crippen molar-refractivity contribution in [2.45, 2.75) is 26.4 Å². The van der Waals surface area contributed by atoms with Crippen LogP contribution in [-0.4, -0.2) is 88.4 Å². The van der Waals surface area contributed by atoms with E-state index in [0.717, 1.165) is 28.5 Å². The monoisotopic (exact) mass is 488 g/mol. The lowest BCUT2D eigenvalue weighted by Gasteiger charge is -2.36. The number of amides is 3. The summed E-state index contributed by atoms with van der Waals surface area (Å²) < 4.78 is 0. The van der Waals surface area contributed by atoms with Gasteiger partial charge in [-0.05, 0) is 24.1 Å². The van der Waals surface area contributed by atoms with Gasteiger partial charge in [0.15, 0.2) is 0 Å². The molecular formula is C26H32N8O2. The number of nitrogens with one attached hydrogen (secondary N) is 1. The van der Waals surface area contributed by atoms with E-state index in [1.165, 1.54) is 0 Å². The average molecular weight is 489 g/mol. The molecule has 0 saturated carbocycles. The molecule has 10 heteroatoms. The molecule has 2 aliphatic heterocycles. The van der Waals surface area contributed by atoms with Gasteiger partial charge in [-0.3, -0.25) is 9.78 Å². The number of piperazine rings is 1. The molecule has 3 aromatic rings. The second-order valence-corrected chi connectivity index (χ2v) is 9.47. The number of fused-ring (bicyclic) bond motifs is 2. The van der Waals surface area contributed by atoms with Gasteiger partial charge in [0, 0.05) is 70.5 Å². The lowest BCUT2D eigenvalue weighted by molar-refractivity contribution is 0.0774. The van der Waals surface area contributed by atoms with Crippen molar-refractivity contribution in [1.29, 1.82) is 0 Å². The molecule has 1 fully saturated rings. The Bertz CT molecular complexity index is 1290. The zero-order valence-corrected chi connectivity index (χ0v) is 21.1. The molecule has 0 atom stereocenters. The molecular weight excluding hydrogens is 456 g/mol. The molecule has 4 heterocycles. The highest BCUT2D eigenvalue weighted by Crippen LogP contribution is 2.30. The van der Waals surface area contributed by atoms with Crippen molar-refractivity contribution in [2.75, 3.05) is 57.0 Å². The van der Waals surface area contributed by atoms with Crippen LogP contribution in [0.1, 0.15) is 35.0 Å². The summed E-state index contributed by atoms with van der Waals surface area (Å²) in [5, 5.41) is 4.55. The van der Waals surface area contributed by atoms with Crippen molar-refractivity contribution >= 4 is 34.6 Å². The number of hydrogen-bond acceptors (Lipinski definition) is 7. The molecule has 0 bridgehead atoms. The number of rotatable bonds is 6. The predicted molar refractivity (Wildman–Crippen MR) is 139 cm³/mol. The lowest BCUT2D eigenvalue weighted by Crippen LogP contribution is -2.52. The summed E-state index contributed by atoms with van der Waals surface area (Å²) in [7, 11) is 3.52. The van der Waals surface area contributed by atoms with E-state index in [-0.39, 0.29) is 11.9 Å². The highest BCUT2D eigenvalue weighted by molar-refractivity contribution is 5.98. The maximum atomic E-state index is 13.1. The number of carbonyl (C=O) groups is 2. The topological polar surface area (TPSA) is 97.8 Å². The van der Waals surface area contributed by atoms with Crippen LogP contribution in [0.25, 0.3) is 10.9 Å². The summed E-state index contributed by atoms with van der Waals surface area (Å²) in [6.07, 6.45) is 2.75. The van der Waals surface area contributed by atoms with Crippen molar-refractivity contribution in [2.24, 2.45) is 0 Å². The third-order valence-corrected chi connectivity index (χ3v) is 6.65. The van der Waals surface area contributed by atoms with Crippen LogP contribution in [-0.2, 0) is 13.1 Å². The van der Waals surface area contributed by atoms with Crippen LogP contribution in [0.4, 0.5) is 16.6 Å². The van der Waals surface area contributed by atoms with Crippen LogP contribution in [0.5, 0.6) is 0 Å². The van der Waals surface area contributed by atoms with Gasteiger partial charge in [-0.15, -0.1) is 0 Å². The molecule has 2 aromatic heterocycles. The van der Waals surface area contributed by atoms with E-state index in [2.05, 4.69) is 28.2 Å². The highest BCUT2D eigenvalue weighted by Gasteiger charge is 2.33. The largest absolute Gasteiger partial charge is 0.365 e. The smallest absolute Gasteiger partial charge is 0.319 e. The quantitative estimate of drug-likeness (QED) is 0.570. The number of aromatic nitrogens is 3. The van der Waals surface area contributed by atoms with E-state index >= 15 is 0 Å². The molecule has 0 radical (unpaired) electrons. The van der Waals surface area contributed by atoms with Crippen molar-refractivity contribution in [1.82, 2.24) is 29.7 Å². The molecule has 1 N–H and O–H groups in total. The second-order valence-electron chi connectivity index (χ2n) is 9.47. The lowest BCUT2D eigenvalue weighted by atomic mass is 10.1. The van der Waals surface area contributed by atoms with E-state index in [1.807, 2.05) is 40.3 Å². The van der Waals surface area contributed by atoms with Crippen LogP contribution in [0.2, 0.25) is 0 Å². The van der Waals surface area contributed by atoms with E-state index in [0.29, 0.717) is 63.3 Å². The highest BCUT2D eigenvalue weighted by atomic mass is 16.2. The Hall–Kier alpha value is -3.95. The summed E-state index contributed by atoms with van der Waals surface area (Å²) in [5.74, 6) is 1.16. The van der Waals surface area contributed by atoms with E-state index in [1.54, 1.807) is 19.0 Å². The Morgan fingerprint density at radius 1 is 1.11 bits per heavy atom. The molecule has 1 saturated heterocycles. The first kappa shape index (κ1) is 23.8. The molecule has 0 aliphatic carbocycles. The molecule has 0 spiro atoms. The Labute approximate surface area is 210 Å². The molecule has 10 nitrogen and oxygen atoms in total. The molecule has 2 aliphatic rings. The Morgan fingerprint density at radius 2 is 1.89 bits per heavy atom. The molecule has 0 unspecified atom stereocenters. The predicted octanol–water partition coefficient (Wildman–Crippen LogP) is 2.81. The number of hydrogen-bond donors (Lipinski definition) is 1. The van der Waals surface area contributed by atoms with Gasteiger partial charge in [-0.1, -0.05) is 25.1 Å². The van der Waals surface area contributed by atoms with Crippen molar-refractivity contribution in [3.05, 3.63) is 53.3 Å². The maximum absolute atomic E-state index is 13.1. The van der Waals surface area contributed by atoms with Gasteiger partial charge in [0.25, 0.3) is 5.91 Å². The van der Waals surface area contributed by atoms with Gasteiger partial charge in [0.2, 0.25) is 5.95 Å². The summed E-state index contributed by atoms with van der Waals surface area (Å²) in [6, 6.07) is 10.2. The Kier molecular flexibility index (Phi) is 6.58. The fourth-order valence-electron chi connectivity index (χ4n) is 4.73. The summed E-state index contributed by atoms with van der Waals surface area (Å²) in [5.41, 5.74) is 3.30. The maximum Gasteiger partial charge on any atom is 0.319 e. The first-order valence-corrected chi connectivity index (χ1v) is 12.4. The average Bonchev–Trinajstić information content (AvgIpc) is 3.22. The minimum atomic E-state index is -0.0488. The van der Waals surface area contributed by atoms with Crippen LogP contribution in [0, 0.1) is 0 Å². The minimum Gasteiger partial charge on any atom is -0.365 e. The molecule has 1 aromatic carbocycles. The third kappa shape index (κ3) is 4.62. The zero-order valence-electron chi connectivity index (χ0n) is 21.1. The molecule has 5 rings (SSSR count). The van der Waals surface area contributed by atoms with Gasteiger partial charge in [-0.2, -0.15) is 4.98 Å². The first-order chi connectivity index (χ1) is 17.4. The number of urea groups is 1. The normalized spacial score (nSPS) is 15.4. The minimum absolute atomic E-state index is 0.00116. The number of anilines is 2. The summed E-state index contributed by atoms with van der Waals surface area (Å²) in [4.78, 5) is 46.9. The van der Waals surface area contributed by atoms with Gasteiger partial charge >= 0.3 is 6.03 Å². The van der Waals surface area contributed by atoms with Crippen molar-refractivity contribution < 1.29 is 9.59 Å². The van der Waals surface area contributed by atoms with Crippen molar-refractivity contribution in [3.63, 3.8) is 0 Å². The number of nitrogens with zero attached hydrogens (tertiary/aromatic N) is 7. The van der Waals surface area contributed by atoms with E-state index < -0.39 is 0 Å². The van der Waals surface area contributed by atoms with Gasteiger partial charge in [0.05, 0.1) is 12.1 Å². The van der Waals surface area contributed by atoms with Crippen LogP contribution in [0.3, 0.4) is 0 Å². The molecule has 3 amide bonds. The Balaban J connectivity index is 1.40. The van der Waals surface area contributed by atoms with E-state index in [4.69, 9.17) is 9.97 Å². The first-order valence-electron chi connectivity index (χ1n) is 12.4. The fraction of sp³-hybridized carbons (Fsp3) is 0.423. The summed E-state index contributed by atoms with van der Waals surface area (Å²) in [6.45, 7) is 6.17. The SMILES string of the molecule is CCCN1Cc2c(NCc3cnc4ccccc4c3)nc(N3CCN(C(=O)N(C)C)CC3)nc2C1=O. The third-order valence-electron chi connectivity index (χ3n) is 6.65.